The zero-order chi connectivity index (χ0) is 9.97. The second-order valence-corrected chi connectivity index (χ2v) is 4.63. The van der Waals surface area contributed by atoms with Gasteiger partial charge in [0.2, 0.25) is 0 Å². The fourth-order valence-corrected chi connectivity index (χ4v) is 2.40. The van der Waals surface area contributed by atoms with Crippen molar-refractivity contribution in [2.45, 2.75) is 17.4 Å². The van der Waals surface area contributed by atoms with Crippen LogP contribution in [0.15, 0.2) is 16.3 Å². The largest absolute Gasteiger partial charge is 0.379 e. The van der Waals surface area contributed by atoms with Crippen LogP contribution >= 0.6 is 24.0 Å². The number of nitrogens with one attached hydrogen (secondary N) is 1. The summed E-state index contributed by atoms with van der Waals surface area (Å²) in [6.07, 6.45) is 0.908. The molecular weight excluding hydrogens is 218 g/mol. The zero-order valence-corrected chi connectivity index (χ0v) is 9.24. The molecule has 0 saturated carbocycles. The van der Waals surface area contributed by atoms with Gasteiger partial charge in [-0.1, -0.05) is 0 Å². The normalized spacial score (nSPS) is 21.1. The van der Waals surface area contributed by atoms with Crippen LogP contribution in [0.25, 0.3) is 0 Å². The summed E-state index contributed by atoms with van der Waals surface area (Å²) in [5.74, 6) is -0.0224. The van der Waals surface area contributed by atoms with Crippen molar-refractivity contribution in [1.29, 1.82) is 0 Å². The number of carbonyl (C=O) groups excluding carboxylic acids is 1. The van der Waals surface area contributed by atoms with Crippen LogP contribution in [0.1, 0.15) is 16.1 Å². The fourth-order valence-electron chi connectivity index (χ4n) is 1.35. The Morgan fingerprint density at radius 1 is 1.71 bits per heavy atom. The van der Waals surface area contributed by atoms with Crippen LogP contribution in [0.5, 0.6) is 0 Å². The van der Waals surface area contributed by atoms with Gasteiger partial charge in [-0.15, -0.1) is 24.0 Å². The van der Waals surface area contributed by atoms with Crippen molar-refractivity contribution in [3.8, 4) is 0 Å². The van der Waals surface area contributed by atoms with Gasteiger partial charge >= 0.3 is 0 Å². The number of amides is 1. The number of rotatable bonds is 2. The van der Waals surface area contributed by atoms with Crippen LogP contribution in [0.3, 0.4) is 0 Å². The highest BCUT2D eigenvalue weighted by molar-refractivity contribution is 7.80. The van der Waals surface area contributed by atoms with Crippen molar-refractivity contribution in [1.82, 2.24) is 5.32 Å². The molecule has 1 unspecified atom stereocenters. The van der Waals surface area contributed by atoms with Gasteiger partial charge in [0.15, 0.2) is 0 Å². The molecule has 5 heteroatoms. The van der Waals surface area contributed by atoms with Crippen LogP contribution in [0.4, 0.5) is 0 Å². The molecule has 0 radical (unpaired) electrons. The molecular formula is C9H11NO2S2. The lowest BCUT2D eigenvalue weighted by molar-refractivity contribution is 0.0934. The van der Waals surface area contributed by atoms with E-state index in [-0.39, 0.29) is 11.9 Å². The predicted octanol–water partition coefficient (Wildman–Crippen LogP) is 1.56. The minimum absolute atomic E-state index is 0.0224. The Balaban J connectivity index is 1.95. The first kappa shape index (κ1) is 10.0. The highest BCUT2D eigenvalue weighted by atomic mass is 32.1. The molecule has 1 aliphatic heterocycles. The number of hydrogen-bond donors (Lipinski definition) is 2. The molecule has 1 saturated heterocycles. The van der Waals surface area contributed by atoms with E-state index in [0.29, 0.717) is 11.5 Å². The third kappa shape index (κ3) is 2.29. The minimum atomic E-state index is -0.0224. The van der Waals surface area contributed by atoms with Crippen LogP contribution in [0.2, 0.25) is 0 Å². The first-order chi connectivity index (χ1) is 6.75. The lowest BCUT2D eigenvalue weighted by Gasteiger charge is -2.08. The lowest BCUT2D eigenvalue weighted by atomic mass is 10.2. The number of thiophene rings is 1. The van der Waals surface area contributed by atoms with Gasteiger partial charge < -0.3 is 10.1 Å². The fraction of sp³-hybridized carbons (Fsp3) is 0.444. The van der Waals surface area contributed by atoms with E-state index >= 15 is 0 Å². The number of ether oxygens (including phenoxy) is 1. The van der Waals surface area contributed by atoms with Gasteiger partial charge in [-0.2, -0.15) is 0 Å². The molecule has 0 spiro atoms. The first-order valence-electron chi connectivity index (χ1n) is 4.42. The quantitative estimate of drug-likeness (QED) is 0.755. The van der Waals surface area contributed by atoms with E-state index in [2.05, 4.69) is 17.9 Å². The Hall–Kier alpha value is -0.520. The Morgan fingerprint density at radius 2 is 2.57 bits per heavy atom. The van der Waals surface area contributed by atoms with E-state index in [1.807, 2.05) is 5.38 Å². The molecule has 14 heavy (non-hydrogen) atoms. The molecule has 76 valence electrons. The Bertz CT molecular complexity index is 331. The summed E-state index contributed by atoms with van der Waals surface area (Å²) in [5.41, 5.74) is 0. The van der Waals surface area contributed by atoms with Crippen LogP contribution in [-0.2, 0) is 4.74 Å². The Morgan fingerprint density at radius 3 is 3.14 bits per heavy atom. The van der Waals surface area contributed by atoms with Gasteiger partial charge in [0, 0.05) is 16.9 Å². The molecule has 0 aromatic carbocycles. The molecule has 1 fully saturated rings. The highest BCUT2D eigenvalue weighted by Gasteiger charge is 2.19. The molecule has 1 N–H and O–H groups in total. The van der Waals surface area contributed by atoms with E-state index in [0.717, 1.165) is 17.9 Å². The van der Waals surface area contributed by atoms with Gasteiger partial charge in [-0.25, -0.2) is 0 Å². The maximum atomic E-state index is 11.6. The van der Waals surface area contributed by atoms with Crippen molar-refractivity contribution in [2.24, 2.45) is 0 Å². The molecule has 0 bridgehead atoms. The average molecular weight is 229 g/mol. The van der Waals surface area contributed by atoms with E-state index in [1.54, 1.807) is 6.07 Å². The molecule has 0 aliphatic carbocycles. The molecule has 1 aromatic rings. The van der Waals surface area contributed by atoms with Gasteiger partial charge in [0.05, 0.1) is 17.5 Å². The second kappa shape index (κ2) is 4.33. The van der Waals surface area contributed by atoms with E-state index < -0.39 is 0 Å². The molecule has 1 aromatic heterocycles. The maximum absolute atomic E-state index is 11.6. The van der Waals surface area contributed by atoms with E-state index in [1.165, 1.54) is 11.3 Å². The number of carbonyl (C=O) groups is 1. The molecule has 1 aliphatic rings. The van der Waals surface area contributed by atoms with Crippen molar-refractivity contribution < 1.29 is 9.53 Å². The smallest absolute Gasteiger partial charge is 0.261 e. The highest BCUT2D eigenvalue weighted by Crippen LogP contribution is 2.17. The van der Waals surface area contributed by atoms with Crippen LogP contribution < -0.4 is 5.32 Å². The summed E-state index contributed by atoms with van der Waals surface area (Å²) in [6.45, 7) is 1.37. The standard InChI is InChI=1S/C9H11NO2S2/c11-9(8-3-7(13)5-14-8)10-6-1-2-12-4-6/h3,5-6,13H,1-2,4H2,(H,10,11). The molecule has 3 nitrogen and oxygen atoms in total. The van der Waals surface area contributed by atoms with E-state index in [4.69, 9.17) is 4.74 Å². The summed E-state index contributed by atoms with van der Waals surface area (Å²) in [7, 11) is 0. The van der Waals surface area contributed by atoms with Gasteiger partial charge in [0.1, 0.15) is 0 Å². The van der Waals surface area contributed by atoms with Gasteiger partial charge in [0.25, 0.3) is 5.91 Å². The molecule has 2 heterocycles. The molecule has 1 atom stereocenters. The molecule has 1 amide bonds. The van der Waals surface area contributed by atoms with Crippen molar-refractivity contribution in [3.63, 3.8) is 0 Å². The molecule has 2 rings (SSSR count). The zero-order valence-electron chi connectivity index (χ0n) is 7.53. The van der Waals surface area contributed by atoms with Crippen molar-refractivity contribution in [3.05, 3.63) is 16.3 Å². The Labute approximate surface area is 91.9 Å². The van der Waals surface area contributed by atoms with Crippen LogP contribution in [-0.4, -0.2) is 25.2 Å². The maximum Gasteiger partial charge on any atom is 0.261 e. The third-order valence-electron chi connectivity index (χ3n) is 2.07. The van der Waals surface area contributed by atoms with Gasteiger partial charge in [-0.05, 0) is 12.5 Å². The second-order valence-electron chi connectivity index (χ2n) is 3.20. The topological polar surface area (TPSA) is 38.3 Å². The predicted molar refractivity (Wildman–Crippen MR) is 58.3 cm³/mol. The average Bonchev–Trinajstić information content (AvgIpc) is 2.75. The monoisotopic (exact) mass is 229 g/mol. The number of thiol groups is 1. The Kier molecular flexibility index (Phi) is 3.10. The summed E-state index contributed by atoms with van der Waals surface area (Å²) in [4.78, 5) is 13.2. The van der Waals surface area contributed by atoms with Crippen molar-refractivity contribution >= 4 is 29.9 Å². The summed E-state index contributed by atoms with van der Waals surface area (Å²) in [6, 6.07) is 1.95. The van der Waals surface area contributed by atoms with Gasteiger partial charge in [-0.3, -0.25) is 4.79 Å². The lowest BCUT2D eigenvalue weighted by Crippen LogP contribution is -2.34. The summed E-state index contributed by atoms with van der Waals surface area (Å²) in [5, 5.41) is 4.77. The summed E-state index contributed by atoms with van der Waals surface area (Å²) >= 11 is 5.57. The minimum Gasteiger partial charge on any atom is -0.379 e. The van der Waals surface area contributed by atoms with E-state index in [9.17, 15) is 4.79 Å². The third-order valence-corrected chi connectivity index (χ3v) is 3.44. The SMILES string of the molecule is O=C(NC1CCOC1)c1cc(S)cs1. The number of hydrogen-bond acceptors (Lipinski definition) is 4. The van der Waals surface area contributed by atoms with Crippen LogP contribution in [0, 0.1) is 0 Å². The summed E-state index contributed by atoms with van der Waals surface area (Å²) < 4.78 is 5.17. The first-order valence-corrected chi connectivity index (χ1v) is 5.74. The van der Waals surface area contributed by atoms with Crippen molar-refractivity contribution in [2.75, 3.05) is 13.2 Å².